The number of fused-ring (bicyclic) bond motifs is 1. The van der Waals surface area contributed by atoms with E-state index in [2.05, 4.69) is 25.9 Å². The zero-order chi connectivity index (χ0) is 14.4. The summed E-state index contributed by atoms with van der Waals surface area (Å²) in [5.41, 5.74) is 7.96. The number of halogens is 2. The molecular formula is C13H12BrFN4O. The molecule has 0 atom stereocenters. The Balaban J connectivity index is 2.11. The molecule has 0 saturated heterocycles. The summed E-state index contributed by atoms with van der Waals surface area (Å²) in [7, 11) is 0. The summed E-state index contributed by atoms with van der Waals surface area (Å²) in [5, 5.41) is 0. The summed E-state index contributed by atoms with van der Waals surface area (Å²) in [6.45, 7) is 4.09. The van der Waals surface area contributed by atoms with Gasteiger partial charge in [-0.25, -0.2) is 14.4 Å². The molecule has 0 saturated carbocycles. The number of oxazole rings is 1. The van der Waals surface area contributed by atoms with E-state index in [0.717, 1.165) is 17.0 Å². The van der Waals surface area contributed by atoms with Crippen LogP contribution in [0.4, 0.5) is 10.3 Å². The monoisotopic (exact) mass is 338 g/mol. The van der Waals surface area contributed by atoms with Crippen molar-refractivity contribution in [2.24, 2.45) is 0 Å². The molecule has 0 aliphatic rings. The third kappa shape index (κ3) is 2.07. The number of aromatic nitrogens is 3. The van der Waals surface area contributed by atoms with Gasteiger partial charge in [-0.1, -0.05) is 0 Å². The van der Waals surface area contributed by atoms with Crippen LogP contribution in [-0.2, 0) is 6.54 Å². The van der Waals surface area contributed by atoms with Crippen molar-refractivity contribution in [1.82, 2.24) is 14.5 Å². The van der Waals surface area contributed by atoms with Crippen LogP contribution in [0.25, 0.3) is 11.0 Å². The molecule has 0 aliphatic heterocycles. The van der Waals surface area contributed by atoms with E-state index in [0.29, 0.717) is 28.4 Å². The lowest BCUT2D eigenvalue weighted by atomic mass is 10.3. The number of anilines is 1. The first-order valence-electron chi connectivity index (χ1n) is 5.99. The van der Waals surface area contributed by atoms with Crippen molar-refractivity contribution in [2.45, 2.75) is 20.4 Å². The summed E-state index contributed by atoms with van der Waals surface area (Å²) >= 11 is 3.16. The predicted molar refractivity (Wildman–Crippen MR) is 76.9 cm³/mol. The number of nitrogens with zero attached hydrogens (tertiary/aromatic N) is 3. The van der Waals surface area contributed by atoms with Gasteiger partial charge in [0.05, 0.1) is 21.2 Å². The Labute approximate surface area is 122 Å². The third-order valence-electron chi connectivity index (χ3n) is 3.19. The Morgan fingerprint density at radius 3 is 2.75 bits per heavy atom. The molecule has 3 rings (SSSR count). The maximum Gasteiger partial charge on any atom is 0.214 e. The Hall–Kier alpha value is -1.89. The number of rotatable bonds is 2. The maximum atomic E-state index is 13.5. The van der Waals surface area contributed by atoms with Crippen molar-refractivity contribution in [1.29, 1.82) is 0 Å². The summed E-state index contributed by atoms with van der Waals surface area (Å²) in [5.74, 6) is 1.25. The van der Waals surface area contributed by atoms with E-state index >= 15 is 0 Å². The largest absolute Gasteiger partial charge is 0.444 e. The lowest BCUT2D eigenvalue weighted by molar-refractivity contribution is 0.460. The number of hydrogen-bond acceptors (Lipinski definition) is 4. The zero-order valence-electron chi connectivity index (χ0n) is 10.9. The highest BCUT2D eigenvalue weighted by atomic mass is 79.9. The number of nitrogens with two attached hydrogens (primary N) is 1. The molecule has 1 aromatic carbocycles. The zero-order valence-corrected chi connectivity index (χ0v) is 12.5. The summed E-state index contributed by atoms with van der Waals surface area (Å²) in [4.78, 5) is 8.47. The van der Waals surface area contributed by atoms with Crippen molar-refractivity contribution in [3.05, 3.63) is 39.8 Å². The first kappa shape index (κ1) is 13.1. The second-order valence-corrected chi connectivity index (χ2v) is 5.41. The van der Waals surface area contributed by atoms with Gasteiger partial charge >= 0.3 is 0 Å². The van der Waals surface area contributed by atoms with Crippen molar-refractivity contribution in [3.63, 3.8) is 0 Å². The molecule has 2 heterocycles. The molecule has 3 aromatic rings. The van der Waals surface area contributed by atoms with Crippen LogP contribution in [0.2, 0.25) is 0 Å². The molecule has 0 fully saturated rings. The van der Waals surface area contributed by atoms with E-state index in [4.69, 9.17) is 10.2 Å². The SMILES string of the molecule is Cc1nc(Cn2c(N)nc3cc(F)c(Br)cc32)oc1C. The fraction of sp³-hybridized carbons (Fsp3) is 0.231. The molecule has 0 radical (unpaired) electrons. The standard InChI is InChI=1S/C13H12BrFN4O/c1-6-7(2)20-12(17-6)5-19-11-3-8(14)9(15)4-10(11)18-13(19)16/h3-4H,5H2,1-2H3,(H2,16,18). The van der Waals surface area contributed by atoms with E-state index in [-0.39, 0.29) is 5.82 Å². The van der Waals surface area contributed by atoms with Crippen LogP contribution < -0.4 is 5.73 Å². The van der Waals surface area contributed by atoms with E-state index in [9.17, 15) is 4.39 Å². The molecule has 0 bridgehead atoms. The number of hydrogen-bond donors (Lipinski definition) is 1. The molecule has 2 aromatic heterocycles. The van der Waals surface area contributed by atoms with E-state index in [1.165, 1.54) is 6.07 Å². The number of imidazole rings is 1. The quantitative estimate of drug-likeness (QED) is 0.779. The van der Waals surface area contributed by atoms with Crippen molar-refractivity contribution < 1.29 is 8.81 Å². The molecule has 0 amide bonds. The summed E-state index contributed by atoms with van der Waals surface area (Å²) < 4.78 is 21.2. The molecule has 7 heteroatoms. The van der Waals surface area contributed by atoms with Gasteiger partial charge in [-0.2, -0.15) is 0 Å². The molecule has 0 spiro atoms. The van der Waals surface area contributed by atoms with Gasteiger partial charge in [0.2, 0.25) is 11.8 Å². The van der Waals surface area contributed by atoms with Crippen molar-refractivity contribution in [2.75, 3.05) is 5.73 Å². The van der Waals surface area contributed by atoms with Crippen LogP contribution in [0.3, 0.4) is 0 Å². The van der Waals surface area contributed by atoms with Crippen LogP contribution in [0.15, 0.2) is 21.0 Å². The Morgan fingerprint density at radius 1 is 1.35 bits per heavy atom. The average Bonchev–Trinajstić information content (AvgIpc) is 2.83. The van der Waals surface area contributed by atoms with Gasteiger partial charge in [-0.15, -0.1) is 0 Å². The maximum absolute atomic E-state index is 13.5. The molecule has 2 N–H and O–H groups in total. The van der Waals surface area contributed by atoms with Gasteiger partial charge in [0, 0.05) is 6.07 Å². The van der Waals surface area contributed by atoms with Crippen LogP contribution in [0, 0.1) is 19.7 Å². The second-order valence-electron chi connectivity index (χ2n) is 4.56. The topological polar surface area (TPSA) is 69.9 Å². The highest BCUT2D eigenvalue weighted by molar-refractivity contribution is 9.10. The van der Waals surface area contributed by atoms with Crippen LogP contribution >= 0.6 is 15.9 Å². The van der Waals surface area contributed by atoms with E-state index < -0.39 is 0 Å². The van der Waals surface area contributed by atoms with Gasteiger partial charge in [-0.3, -0.25) is 0 Å². The van der Waals surface area contributed by atoms with Crippen LogP contribution in [-0.4, -0.2) is 14.5 Å². The molecule has 20 heavy (non-hydrogen) atoms. The molecule has 5 nitrogen and oxygen atoms in total. The average molecular weight is 339 g/mol. The van der Waals surface area contributed by atoms with Gasteiger partial charge < -0.3 is 14.7 Å². The van der Waals surface area contributed by atoms with E-state index in [1.807, 2.05) is 13.8 Å². The summed E-state index contributed by atoms with van der Waals surface area (Å²) in [6.07, 6.45) is 0. The molecule has 0 aliphatic carbocycles. The Kier molecular flexibility index (Phi) is 3.01. The first-order valence-corrected chi connectivity index (χ1v) is 6.78. The first-order chi connectivity index (χ1) is 9.45. The minimum atomic E-state index is -0.370. The highest BCUT2D eigenvalue weighted by Gasteiger charge is 2.14. The molecule has 0 unspecified atom stereocenters. The minimum Gasteiger partial charge on any atom is -0.444 e. The Morgan fingerprint density at radius 2 is 2.10 bits per heavy atom. The second kappa shape index (κ2) is 4.59. The van der Waals surface area contributed by atoms with Gasteiger partial charge in [0.25, 0.3) is 0 Å². The van der Waals surface area contributed by atoms with Gasteiger partial charge in [0.15, 0.2) is 0 Å². The number of aryl methyl sites for hydroxylation is 2. The normalized spacial score (nSPS) is 11.4. The number of nitrogen functional groups attached to an aromatic ring is 1. The Bertz CT molecular complexity index is 789. The summed E-state index contributed by atoms with van der Waals surface area (Å²) in [6, 6.07) is 3.00. The fourth-order valence-corrected chi connectivity index (χ4v) is 2.38. The molecular weight excluding hydrogens is 327 g/mol. The van der Waals surface area contributed by atoms with Gasteiger partial charge in [0.1, 0.15) is 18.1 Å². The van der Waals surface area contributed by atoms with Crippen molar-refractivity contribution >= 4 is 32.9 Å². The number of benzene rings is 1. The van der Waals surface area contributed by atoms with Crippen LogP contribution in [0.5, 0.6) is 0 Å². The lowest BCUT2D eigenvalue weighted by Crippen LogP contribution is -2.04. The smallest absolute Gasteiger partial charge is 0.214 e. The lowest BCUT2D eigenvalue weighted by Gasteiger charge is -2.03. The highest BCUT2D eigenvalue weighted by Crippen LogP contribution is 2.26. The van der Waals surface area contributed by atoms with Crippen molar-refractivity contribution in [3.8, 4) is 0 Å². The van der Waals surface area contributed by atoms with Gasteiger partial charge in [-0.05, 0) is 35.8 Å². The minimum absolute atomic E-state index is 0.297. The van der Waals surface area contributed by atoms with E-state index in [1.54, 1.807) is 10.6 Å². The molecule has 104 valence electrons. The predicted octanol–water partition coefficient (Wildman–Crippen LogP) is 3.17. The van der Waals surface area contributed by atoms with Crippen LogP contribution in [0.1, 0.15) is 17.3 Å². The fourth-order valence-electron chi connectivity index (χ4n) is 2.05. The third-order valence-corrected chi connectivity index (χ3v) is 3.79.